The Bertz CT molecular complexity index is 704. The van der Waals surface area contributed by atoms with Crippen LogP contribution in [0.25, 0.3) is 0 Å². The van der Waals surface area contributed by atoms with Crippen LogP contribution in [0.5, 0.6) is 5.75 Å². The van der Waals surface area contributed by atoms with E-state index < -0.39 is 0 Å². The first-order chi connectivity index (χ1) is 11.8. The molecule has 0 saturated carbocycles. The van der Waals surface area contributed by atoms with Crippen LogP contribution in [-0.2, 0) is 12.8 Å². The lowest BCUT2D eigenvalue weighted by molar-refractivity contribution is 0.0973. The van der Waals surface area contributed by atoms with Crippen molar-refractivity contribution in [3.63, 3.8) is 0 Å². The highest BCUT2D eigenvalue weighted by atomic mass is 35.5. The van der Waals surface area contributed by atoms with E-state index in [4.69, 9.17) is 16.3 Å². The molecular weight excluding hydrogens is 357 g/mol. The lowest BCUT2D eigenvalue weighted by atomic mass is 10.0. The third-order valence-electron chi connectivity index (χ3n) is 4.32. The van der Waals surface area contributed by atoms with E-state index in [0.717, 1.165) is 37.2 Å². The van der Waals surface area contributed by atoms with Gasteiger partial charge >= 0.3 is 0 Å². The standard InChI is InChI=1S/C20H22ClNO2.ClH/c21-18-9-8-15-10-12-22-13-11-17(15)20(18)24-14-4-7-19(23)16-5-2-1-3-6-16;/h1-3,5-6,8-9,22H,4,7,10-14H2;1H. The number of carbonyl (C=O) groups excluding carboxylic acids is 1. The fraction of sp³-hybridized carbons (Fsp3) is 0.350. The molecule has 5 heteroatoms. The highest BCUT2D eigenvalue weighted by Crippen LogP contribution is 2.33. The van der Waals surface area contributed by atoms with Crippen molar-refractivity contribution in [1.29, 1.82) is 0 Å². The van der Waals surface area contributed by atoms with Gasteiger partial charge in [-0.15, -0.1) is 12.4 Å². The Balaban J connectivity index is 0.00000225. The molecule has 0 bridgehead atoms. The summed E-state index contributed by atoms with van der Waals surface area (Å²) < 4.78 is 5.97. The van der Waals surface area contributed by atoms with Gasteiger partial charge < -0.3 is 10.1 Å². The lowest BCUT2D eigenvalue weighted by Gasteiger charge is -2.15. The molecular formula is C20H23Cl2NO2. The van der Waals surface area contributed by atoms with Crippen LogP contribution in [-0.4, -0.2) is 25.5 Å². The number of hydrogen-bond donors (Lipinski definition) is 1. The highest BCUT2D eigenvalue weighted by molar-refractivity contribution is 6.32. The van der Waals surface area contributed by atoms with E-state index in [0.29, 0.717) is 24.5 Å². The van der Waals surface area contributed by atoms with Crippen LogP contribution in [0.4, 0.5) is 0 Å². The predicted octanol–water partition coefficient (Wildman–Crippen LogP) is 4.49. The molecule has 1 heterocycles. The minimum absolute atomic E-state index is 0. The van der Waals surface area contributed by atoms with Gasteiger partial charge in [0.1, 0.15) is 5.75 Å². The Morgan fingerprint density at radius 1 is 1.08 bits per heavy atom. The molecule has 0 spiro atoms. The zero-order chi connectivity index (χ0) is 16.8. The van der Waals surface area contributed by atoms with E-state index in [2.05, 4.69) is 11.4 Å². The fourth-order valence-corrected chi connectivity index (χ4v) is 3.27. The summed E-state index contributed by atoms with van der Waals surface area (Å²) in [7, 11) is 0. The maximum Gasteiger partial charge on any atom is 0.163 e. The average molecular weight is 380 g/mol. The average Bonchev–Trinajstić information content (AvgIpc) is 2.86. The quantitative estimate of drug-likeness (QED) is 0.593. The molecule has 1 N–H and O–H groups in total. The Kier molecular flexibility index (Phi) is 7.76. The van der Waals surface area contributed by atoms with Gasteiger partial charge in [-0.1, -0.05) is 48.0 Å². The second-order valence-electron chi connectivity index (χ2n) is 6.01. The monoisotopic (exact) mass is 379 g/mol. The fourth-order valence-electron chi connectivity index (χ4n) is 3.04. The molecule has 0 fully saturated rings. The van der Waals surface area contributed by atoms with E-state index >= 15 is 0 Å². The van der Waals surface area contributed by atoms with Gasteiger partial charge in [-0.3, -0.25) is 4.79 Å². The number of hydrogen-bond acceptors (Lipinski definition) is 3. The lowest BCUT2D eigenvalue weighted by Crippen LogP contribution is -2.16. The zero-order valence-corrected chi connectivity index (χ0v) is 15.7. The van der Waals surface area contributed by atoms with Crippen LogP contribution in [0.15, 0.2) is 42.5 Å². The normalized spacial score (nSPS) is 13.3. The summed E-state index contributed by atoms with van der Waals surface area (Å²) in [5.74, 6) is 0.950. The molecule has 1 aliphatic heterocycles. The van der Waals surface area contributed by atoms with Crippen molar-refractivity contribution in [2.45, 2.75) is 25.7 Å². The number of carbonyl (C=O) groups is 1. The minimum Gasteiger partial charge on any atom is -0.492 e. The highest BCUT2D eigenvalue weighted by Gasteiger charge is 2.16. The van der Waals surface area contributed by atoms with Gasteiger partial charge in [0, 0.05) is 17.5 Å². The number of ether oxygens (including phenoxy) is 1. The first-order valence-corrected chi connectivity index (χ1v) is 8.85. The number of nitrogens with one attached hydrogen (secondary N) is 1. The van der Waals surface area contributed by atoms with Gasteiger partial charge in [0.2, 0.25) is 0 Å². The summed E-state index contributed by atoms with van der Waals surface area (Å²) in [5, 5.41) is 4.06. The van der Waals surface area contributed by atoms with Crippen LogP contribution in [0.3, 0.4) is 0 Å². The smallest absolute Gasteiger partial charge is 0.163 e. The Morgan fingerprint density at radius 2 is 1.84 bits per heavy atom. The van der Waals surface area contributed by atoms with E-state index in [-0.39, 0.29) is 18.2 Å². The molecule has 134 valence electrons. The number of Topliss-reactive ketones (excluding diaryl/α,β-unsaturated/α-hetero) is 1. The largest absolute Gasteiger partial charge is 0.492 e. The molecule has 0 amide bonds. The van der Waals surface area contributed by atoms with E-state index in [1.165, 1.54) is 11.1 Å². The van der Waals surface area contributed by atoms with Crippen LogP contribution in [0.2, 0.25) is 5.02 Å². The topological polar surface area (TPSA) is 38.3 Å². The third kappa shape index (κ3) is 5.21. The summed E-state index contributed by atoms with van der Waals surface area (Å²) in [5.41, 5.74) is 3.27. The van der Waals surface area contributed by atoms with Crippen molar-refractivity contribution in [3.05, 3.63) is 64.2 Å². The van der Waals surface area contributed by atoms with Crippen LogP contribution in [0, 0.1) is 0 Å². The van der Waals surface area contributed by atoms with Gasteiger partial charge in [0.15, 0.2) is 5.78 Å². The summed E-state index contributed by atoms with van der Waals surface area (Å²) in [6.07, 6.45) is 3.09. The van der Waals surface area contributed by atoms with Crippen molar-refractivity contribution in [1.82, 2.24) is 5.32 Å². The number of rotatable bonds is 6. The second kappa shape index (κ2) is 9.81. The van der Waals surface area contributed by atoms with Crippen molar-refractivity contribution >= 4 is 29.8 Å². The maximum absolute atomic E-state index is 12.1. The summed E-state index contributed by atoms with van der Waals surface area (Å²) in [6, 6.07) is 13.4. The first kappa shape index (κ1) is 19.8. The molecule has 2 aromatic carbocycles. The maximum atomic E-state index is 12.1. The Morgan fingerprint density at radius 3 is 2.64 bits per heavy atom. The third-order valence-corrected chi connectivity index (χ3v) is 4.62. The molecule has 0 atom stereocenters. The first-order valence-electron chi connectivity index (χ1n) is 8.48. The molecule has 0 saturated heterocycles. The second-order valence-corrected chi connectivity index (χ2v) is 6.41. The zero-order valence-electron chi connectivity index (χ0n) is 14.1. The SMILES string of the molecule is Cl.O=C(CCCOc1c(Cl)ccc2c1CCNCC2)c1ccccc1. The van der Waals surface area contributed by atoms with Gasteiger partial charge in [-0.2, -0.15) is 0 Å². The van der Waals surface area contributed by atoms with Gasteiger partial charge in [-0.25, -0.2) is 0 Å². The number of ketones is 1. The van der Waals surface area contributed by atoms with Gasteiger partial charge in [0.25, 0.3) is 0 Å². The van der Waals surface area contributed by atoms with Gasteiger partial charge in [0.05, 0.1) is 11.6 Å². The summed E-state index contributed by atoms with van der Waals surface area (Å²) in [6.45, 7) is 2.43. The van der Waals surface area contributed by atoms with E-state index in [9.17, 15) is 4.79 Å². The van der Waals surface area contributed by atoms with E-state index in [1.54, 1.807) is 0 Å². The molecule has 1 aliphatic rings. The van der Waals surface area contributed by atoms with Crippen LogP contribution >= 0.6 is 24.0 Å². The number of fused-ring (bicyclic) bond motifs is 1. The molecule has 3 nitrogen and oxygen atoms in total. The molecule has 0 radical (unpaired) electrons. The minimum atomic E-state index is 0. The molecule has 2 aromatic rings. The molecule has 0 aliphatic carbocycles. The van der Waals surface area contributed by atoms with Crippen molar-refractivity contribution in [2.24, 2.45) is 0 Å². The molecule has 25 heavy (non-hydrogen) atoms. The van der Waals surface area contributed by atoms with Crippen molar-refractivity contribution < 1.29 is 9.53 Å². The molecule has 0 unspecified atom stereocenters. The number of halogens is 2. The predicted molar refractivity (Wildman–Crippen MR) is 104 cm³/mol. The summed E-state index contributed by atoms with van der Waals surface area (Å²) in [4.78, 5) is 12.1. The van der Waals surface area contributed by atoms with Crippen LogP contribution < -0.4 is 10.1 Å². The van der Waals surface area contributed by atoms with Crippen molar-refractivity contribution in [3.8, 4) is 5.75 Å². The van der Waals surface area contributed by atoms with E-state index in [1.807, 2.05) is 36.4 Å². The Labute approximate surface area is 160 Å². The van der Waals surface area contributed by atoms with Crippen molar-refractivity contribution in [2.75, 3.05) is 19.7 Å². The Hall–Kier alpha value is -1.55. The number of benzene rings is 2. The summed E-state index contributed by atoms with van der Waals surface area (Å²) >= 11 is 6.34. The van der Waals surface area contributed by atoms with Gasteiger partial charge in [-0.05, 0) is 44.0 Å². The molecule has 3 rings (SSSR count). The molecule has 0 aromatic heterocycles. The van der Waals surface area contributed by atoms with Crippen LogP contribution in [0.1, 0.15) is 34.3 Å².